The van der Waals surface area contributed by atoms with Crippen molar-refractivity contribution in [1.29, 1.82) is 0 Å². The molecule has 144 valence electrons. The lowest BCUT2D eigenvalue weighted by atomic mass is 10.2. The first-order chi connectivity index (χ1) is 13.5. The predicted molar refractivity (Wildman–Crippen MR) is 110 cm³/mol. The molecule has 2 aromatic carbocycles. The number of benzene rings is 2. The molecular formula is C21H20ClN3O3. The maximum absolute atomic E-state index is 12.2. The number of halogens is 1. The normalized spacial score (nSPS) is 10.9. The minimum atomic E-state index is -0.266. The lowest BCUT2D eigenvalue weighted by Crippen LogP contribution is -2.07. The molecule has 0 atom stereocenters. The number of carbonyl (C=O) groups excluding carboxylic acids is 1. The van der Waals surface area contributed by atoms with Crippen LogP contribution in [-0.4, -0.2) is 22.8 Å². The lowest BCUT2D eigenvalue weighted by molar-refractivity contribution is -0.111. The third-order valence-electron chi connectivity index (χ3n) is 4.02. The number of hydrogen-bond donors (Lipinski definition) is 1. The van der Waals surface area contributed by atoms with Gasteiger partial charge in [-0.05, 0) is 49.4 Å². The van der Waals surface area contributed by atoms with Crippen LogP contribution >= 0.6 is 11.6 Å². The molecule has 0 saturated heterocycles. The van der Waals surface area contributed by atoms with E-state index in [2.05, 4.69) is 10.4 Å². The molecule has 1 heterocycles. The van der Waals surface area contributed by atoms with E-state index >= 15 is 0 Å². The smallest absolute Gasteiger partial charge is 0.248 e. The molecular weight excluding hydrogens is 378 g/mol. The van der Waals surface area contributed by atoms with Crippen molar-refractivity contribution in [1.82, 2.24) is 9.78 Å². The first kappa shape index (κ1) is 19.5. The average Bonchev–Trinajstić information content (AvgIpc) is 2.93. The minimum absolute atomic E-state index is 0.266. The number of nitrogens with one attached hydrogen (secondary N) is 1. The molecule has 3 aromatic rings. The molecule has 7 heteroatoms. The van der Waals surface area contributed by atoms with Crippen molar-refractivity contribution in [2.75, 3.05) is 12.4 Å². The number of aryl methyl sites for hydroxylation is 2. The number of hydrogen-bond acceptors (Lipinski definition) is 4. The summed E-state index contributed by atoms with van der Waals surface area (Å²) >= 11 is 6.16. The van der Waals surface area contributed by atoms with E-state index < -0.39 is 0 Å². The third-order valence-corrected chi connectivity index (χ3v) is 4.46. The first-order valence-corrected chi connectivity index (χ1v) is 8.95. The quantitative estimate of drug-likeness (QED) is 0.605. The van der Waals surface area contributed by atoms with Gasteiger partial charge in [-0.3, -0.25) is 9.48 Å². The van der Waals surface area contributed by atoms with Crippen LogP contribution in [0.5, 0.6) is 17.2 Å². The number of para-hydroxylation sites is 2. The number of carbonyl (C=O) groups is 1. The summed E-state index contributed by atoms with van der Waals surface area (Å²) < 4.78 is 12.7. The fourth-order valence-corrected chi connectivity index (χ4v) is 2.85. The van der Waals surface area contributed by atoms with Crippen molar-refractivity contribution in [3.05, 3.63) is 71.0 Å². The second kappa shape index (κ2) is 8.63. The number of rotatable bonds is 6. The average molecular weight is 398 g/mol. The van der Waals surface area contributed by atoms with Gasteiger partial charge >= 0.3 is 0 Å². The summed E-state index contributed by atoms with van der Waals surface area (Å²) in [5.74, 6) is 1.64. The number of ether oxygens (including phenoxy) is 2. The second-order valence-electron chi connectivity index (χ2n) is 6.01. The van der Waals surface area contributed by atoms with Crippen molar-refractivity contribution in [3.8, 4) is 17.2 Å². The fraction of sp³-hybridized carbons (Fsp3) is 0.143. The van der Waals surface area contributed by atoms with Gasteiger partial charge in [0.05, 0.1) is 12.8 Å². The molecule has 0 radical (unpaired) electrons. The zero-order valence-electron chi connectivity index (χ0n) is 15.8. The minimum Gasteiger partial charge on any atom is -0.493 e. The van der Waals surface area contributed by atoms with E-state index in [1.165, 1.54) is 6.08 Å². The van der Waals surface area contributed by atoms with Gasteiger partial charge in [-0.15, -0.1) is 0 Å². The molecule has 0 spiro atoms. The van der Waals surface area contributed by atoms with E-state index in [9.17, 15) is 4.79 Å². The van der Waals surface area contributed by atoms with E-state index in [0.717, 1.165) is 11.3 Å². The summed E-state index contributed by atoms with van der Waals surface area (Å²) in [7, 11) is 3.34. The van der Waals surface area contributed by atoms with Gasteiger partial charge in [0.1, 0.15) is 10.9 Å². The number of anilines is 1. The first-order valence-electron chi connectivity index (χ1n) is 8.57. The summed E-state index contributed by atoms with van der Waals surface area (Å²) in [5.41, 5.74) is 2.13. The summed E-state index contributed by atoms with van der Waals surface area (Å²) in [4.78, 5) is 12.2. The Balaban J connectivity index is 1.64. The standard InChI is InChI=1S/C21H20ClN3O3/c1-14-17(21(22)25(2)24-14)12-13-20(26)23-15-8-10-16(11-9-15)28-19-7-5-4-6-18(19)27-3/h4-13H,1-3H3,(H,23,26)/b13-12+. The van der Waals surface area contributed by atoms with Gasteiger partial charge in [0.25, 0.3) is 0 Å². The molecule has 0 saturated carbocycles. The second-order valence-corrected chi connectivity index (χ2v) is 6.37. The highest BCUT2D eigenvalue weighted by Gasteiger charge is 2.09. The Bertz CT molecular complexity index is 1010. The maximum atomic E-state index is 12.2. The van der Waals surface area contributed by atoms with Crippen molar-refractivity contribution in [3.63, 3.8) is 0 Å². The van der Waals surface area contributed by atoms with Crippen LogP contribution in [0.1, 0.15) is 11.3 Å². The van der Waals surface area contributed by atoms with Crippen LogP contribution in [0.15, 0.2) is 54.6 Å². The molecule has 0 bridgehead atoms. The van der Waals surface area contributed by atoms with E-state index in [0.29, 0.717) is 28.1 Å². The summed E-state index contributed by atoms with van der Waals surface area (Å²) in [6.07, 6.45) is 3.08. The molecule has 0 aliphatic carbocycles. The zero-order valence-corrected chi connectivity index (χ0v) is 16.5. The summed E-state index contributed by atoms with van der Waals surface area (Å²) in [6, 6.07) is 14.5. The molecule has 1 N–H and O–H groups in total. The van der Waals surface area contributed by atoms with Gasteiger partial charge in [0.2, 0.25) is 5.91 Å². The topological polar surface area (TPSA) is 65.4 Å². The monoisotopic (exact) mass is 397 g/mol. The van der Waals surface area contributed by atoms with Gasteiger partial charge < -0.3 is 14.8 Å². The van der Waals surface area contributed by atoms with Gasteiger partial charge in [-0.1, -0.05) is 23.7 Å². The summed E-state index contributed by atoms with van der Waals surface area (Å²) in [5, 5.41) is 7.49. The van der Waals surface area contributed by atoms with Crippen molar-refractivity contribution in [2.45, 2.75) is 6.92 Å². The largest absolute Gasteiger partial charge is 0.493 e. The molecule has 6 nitrogen and oxygen atoms in total. The van der Waals surface area contributed by atoms with Crippen LogP contribution < -0.4 is 14.8 Å². The highest BCUT2D eigenvalue weighted by atomic mass is 35.5. The maximum Gasteiger partial charge on any atom is 0.248 e. The SMILES string of the molecule is COc1ccccc1Oc1ccc(NC(=O)/C=C/c2c(C)nn(C)c2Cl)cc1. The molecule has 28 heavy (non-hydrogen) atoms. The van der Waals surface area contributed by atoms with Crippen LogP contribution in [0.25, 0.3) is 6.08 Å². The lowest BCUT2D eigenvalue weighted by Gasteiger charge is -2.10. The molecule has 3 rings (SSSR count). The van der Waals surface area contributed by atoms with E-state index in [4.69, 9.17) is 21.1 Å². The van der Waals surface area contributed by atoms with Crippen LogP contribution in [-0.2, 0) is 11.8 Å². The van der Waals surface area contributed by atoms with E-state index in [1.807, 2.05) is 31.2 Å². The fourth-order valence-electron chi connectivity index (χ4n) is 2.62. The summed E-state index contributed by atoms with van der Waals surface area (Å²) in [6.45, 7) is 1.84. The van der Waals surface area contributed by atoms with E-state index in [-0.39, 0.29) is 5.91 Å². The zero-order chi connectivity index (χ0) is 20.1. The Labute approximate surface area is 168 Å². The number of nitrogens with zero attached hydrogens (tertiary/aromatic N) is 2. The Kier molecular flexibility index (Phi) is 6.01. The number of methoxy groups -OCH3 is 1. The third kappa shape index (κ3) is 4.53. The number of amides is 1. The molecule has 1 aromatic heterocycles. The highest BCUT2D eigenvalue weighted by molar-refractivity contribution is 6.31. The van der Waals surface area contributed by atoms with E-state index in [1.54, 1.807) is 49.2 Å². The Morgan fingerprint density at radius 1 is 1.14 bits per heavy atom. The molecule has 0 fully saturated rings. The van der Waals surface area contributed by atoms with Crippen molar-refractivity contribution >= 4 is 29.3 Å². The Morgan fingerprint density at radius 3 is 2.43 bits per heavy atom. The number of aromatic nitrogens is 2. The van der Waals surface area contributed by atoms with Gasteiger partial charge in [-0.2, -0.15) is 5.10 Å². The molecule has 0 aliphatic heterocycles. The Morgan fingerprint density at radius 2 is 1.82 bits per heavy atom. The molecule has 0 unspecified atom stereocenters. The van der Waals surface area contributed by atoms with Crippen molar-refractivity contribution < 1.29 is 14.3 Å². The molecule has 1 amide bonds. The van der Waals surface area contributed by atoms with Crippen LogP contribution in [0.3, 0.4) is 0 Å². The van der Waals surface area contributed by atoms with Crippen LogP contribution in [0.4, 0.5) is 5.69 Å². The van der Waals surface area contributed by atoms with Gasteiger partial charge in [0.15, 0.2) is 11.5 Å². The van der Waals surface area contributed by atoms with Crippen molar-refractivity contribution in [2.24, 2.45) is 7.05 Å². The van der Waals surface area contributed by atoms with Crippen LogP contribution in [0, 0.1) is 6.92 Å². The molecule has 0 aliphatic rings. The highest BCUT2D eigenvalue weighted by Crippen LogP contribution is 2.31. The predicted octanol–water partition coefficient (Wildman–Crippen LogP) is 4.83. The van der Waals surface area contributed by atoms with Gasteiger partial charge in [-0.25, -0.2) is 0 Å². The Hall–Kier alpha value is -3.25. The van der Waals surface area contributed by atoms with Crippen LogP contribution in [0.2, 0.25) is 5.15 Å². The van der Waals surface area contributed by atoms with Gasteiger partial charge in [0, 0.05) is 24.4 Å².